The molecule has 0 saturated carbocycles. The van der Waals surface area contributed by atoms with Gasteiger partial charge in [-0.15, -0.1) is 0 Å². The Morgan fingerprint density at radius 2 is 2.13 bits per heavy atom. The van der Waals surface area contributed by atoms with E-state index in [0.29, 0.717) is 5.56 Å². The molecule has 2 atom stereocenters. The molecule has 1 aromatic carbocycles. The van der Waals surface area contributed by atoms with Gasteiger partial charge in [0.05, 0.1) is 24.3 Å². The first-order valence-electron chi connectivity index (χ1n) is 4.88. The molecule has 2 N–H and O–H groups in total. The largest absolute Gasteiger partial charge is 0.507 e. The molecule has 0 spiro atoms. The Bertz CT molecular complexity index is 391. The second-order valence-electron chi connectivity index (χ2n) is 3.72. The van der Waals surface area contributed by atoms with E-state index in [1.165, 1.54) is 6.07 Å². The van der Waals surface area contributed by atoms with Crippen molar-refractivity contribution in [2.24, 2.45) is 0 Å². The normalized spacial score (nSPS) is 24.0. The fourth-order valence-electron chi connectivity index (χ4n) is 1.78. The number of phenolic OH excluding ortho intramolecular Hbond substituents is 1. The van der Waals surface area contributed by atoms with E-state index in [9.17, 15) is 9.90 Å². The number of amides is 1. The van der Waals surface area contributed by atoms with Crippen molar-refractivity contribution in [2.75, 3.05) is 6.61 Å². The van der Waals surface area contributed by atoms with Gasteiger partial charge in [-0.3, -0.25) is 4.79 Å². The zero-order valence-electron chi connectivity index (χ0n) is 8.42. The Balaban J connectivity index is 2.20. The number of aliphatic hydroxyl groups excluding tert-OH is 1. The summed E-state index contributed by atoms with van der Waals surface area (Å²) >= 11 is 0. The maximum atomic E-state index is 11.9. The lowest BCUT2D eigenvalue weighted by molar-refractivity contribution is 0.0853. The average Bonchev–Trinajstić information content (AvgIpc) is 2.89. The van der Waals surface area contributed by atoms with Crippen LogP contribution in [0.25, 0.3) is 0 Å². The molecule has 1 aromatic rings. The van der Waals surface area contributed by atoms with E-state index in [2.05, 4.69) is 0 Å². The zero-order valence-corrected chi connectivity index (χ0v) is 8.42. The lowest BCUT2D eigenvalue weighted by Gasteiger charge is -2.05. The monoisotopic (exact) mass is 207 g/mol. The zero-order chi connectivity index (χ0) is 11.0. The Morgan fingerprint density at radius 1 is 1.47 bits per heavy atom. The maximum Gasteiger partial charge on any atom is 0.258 e. The second-order valence-corrected chi connectivity index (χ2v) is 3.72. The summed E-state index contributed by atoms with van der Waals surface area (Å²) in [4.78, 5) is 13.4. The first-order chi connectivity index (χ1) is 7.16. The fraction of sp³-hybridized carbons (Fsp3) is 0.364. The van der Waals surface area contributed by atoms with Crippen LogP contribution in [-0.2, 0) is 0 Å². The first-order valence-corrected chi connectivity index (χ1v) is 4.88. The van der Waals surface area contributed by atoms with Crippen LogP contribution in [0.5, 0.6) is 5.75 Å². The highest BCUT2D eigenvalue weighted by Crippen LogP contribution is 2.31. The summed E-state index contributed by atoms with van der Waals surface area (Å²) in [5, 5.41) is 18.4. The maximum absolute atomic E-state index is 11.9. The van der Waals surface area contributed by atoms with E-state index in [-0.39, 0.29) is 30.3 Å². The van der Waals surface area contributed by atoms with Crippen molar-refractivity contribution in [1.82, 2.24) is 4.90 Å². The van der Waals surface area contributed by atoms with Crippen LogP contribution in [0, 0.1) is 0 Å². The molecular formula is C11H13NO3. The SMILES string of the molecule is CC1C(CO)N1C(=O)c1ccccc1O. The molecule has 0 bridgehead atoms. The number of hydrogen-bond donors (Lipinski definition) is 2. The van der Waals surface area contributed by atoms with E-state index >= 15 is 0 Å². The van der Waals surface area contributed by atoms with Crippen molar-refractivity contribution in [3.05, 3.63) is 29.8 Å². The minimum Gasteiger partial charge on any atom is -0.507 e. The van der Waals surface area contributed by atoms with Gasteiger partial charge in [-0.25, -0.2) is 0 Å². The highest BCUT2D eigenvalue weighted by atomic mass is 16.3. The van der Waals surface area contributed by atoms with Crippen LogP contribution in [0.2, 0.25) is 0 Å². The first kappa shape index (κ1) is 9.98. The van der Waals surface area contributed by atoms with Gasteiger partial charge in [0.15, 0.2) is 0 Å². The summed E-state index contributed by atoms with van der Waals surface area (Å²) < 4.78 is 0. The number of aromatic hydroxyl groups is 1. The van der Waals surface area contributed by atoms with Crippen LogP contribution in [0.15, 0.2) is 24.3 Å². The molecule has 4 heteroatoms. The number of carbonyl (C=O) groups excluding carboxylic acids is 1. The highest BCUT2D eigenvalue weighted by molar-refractivity contribution is 5.98. The Morgan fingerprint density at radius 3 is 2.67 bits per heavy atom. The van der Waals surface area contributed by atoms with E-state index in [0.717, 1.165) is 0 Å². The number of phenols is 1. The van der Waals surface area contributed by atoms with Gasteiger partial charge in [0.1, 0.15) is 5.75 Å². The Kier molecular flexibility index (Phi) is 2.36. The summed E-state index contributed by atoms with van der Waals surface area (Å²) in [7, 11) is 0. The summed E-state index contributed by atoms with van der Waals surface area (Å²) in [6.07, 6.45) is 0. The average molecular weight is 207 g/mol. The topological polar surface area (TPSA) is 60.5 Å². The molecule has 1 amide bonds. The predicted octanol–water partition coefficient (Wildman–Crippen LogP) is 0.597. The van der Waals surface area contributed by atoms with Crippen molar-refractivity contribution in [2.45, 2.75) is 19.0 Å². The van der Waals surface area contributed by atoms with Crippen molar-refractivity contribution >= 4 is 5.91 Å². The molecule has 0 radical (unpaired) electrons. The Labute approximate surface area is 87.8 Å². The van der Waals surface area contributed by atoms with E-state index < -0.39 is 0 Å². The van der Waals surface area contributed by atoms with Crippen LogP contribution in [-0.4, -0.2) is 39.7 Å². The molecule has 0 aromatic heterocycles. The predicted molar refractivity (Wildman–Crippen MR) is 54.6 cm³/mol. The van der Waals surface area contributed by atoms with Gasteiger partial charge in [0.2, 0.25) is 0 Å². The molecule has 1 aliphatic rings. The third kappa shape index (κ3) is 1.57. The van der Waals surface area contributed by atoms with Crippen LogP contribution in [0.3, 0.4) is 0 Å². The van der Waals surface area contributed by atoms with Gasteiger partial charge < -0.3 is 15.1 Å². The molecule has 1 aliphatic heterocycles. The summed E-state index contributed by atoms with van der Waals surface area (Å²) in [5.41, 5.74) is 0.292. The lowest BCUT2D eigenvalue weighted by Crippen LogP contribution is -2.15. The molecule has 80 valence electrons. The van der Waals surface area contributed by atoms with Crippen LogP contribution < -0.4 is 0 Å². The van der Waals surface area contributed by atoms with Crippen molar-refractivity contribution in [1.29, 1.82) is 0 Å². The van der Waals surface area contributed by atoms with Crippen molar-refractivity contribution in [3.8, 4) is 5.75 Å². The molecule has 1 heterocycles. The molecular weight excluding hydrogens is 194 g/mol. The highest BCUT2D eigenvalue weighted by Gasteiger charge is 2.47. The Hall–Kier alpha value is -1.55. The van der Waals surface area contributed by atoms with Gasteiger partial charge in [-0.2, -0.15) is 0 Å². The number of hydrogen-bond acceptors (Lipinski definition) is 3. The standard InChI is InChI=1S/C11H13NO3/c1-7-9(6-13)12(7)11(15)8-4-2-3-5-10(8)14/h2-5,7,9,13-14H,6H2,1H3. The van der Waals surface area contributed by atoms with Gasteiger partial charge in [-0.05, 0) is 19.1 Å². The van der Waals surface area contributed by atoms with Crippen LogP contribution >= 0.6 is 0 Å². The number of carbonyl (C=O) groups is 1. The van der Waals surface area contributed by atoms with E-state index in [4.69, 9.17) is 5.11 Å². The molecule has 0 aliphatic carbocycles. The molecule has 4 nitrogen and oxygen atoms in total. The van der Waals surface area contributed by atoms with Gasteiger partial charge in [0, 0.05) is 0 Å². The summed E-state index contributed by atoms with van der Waals surface area (Å²) in [6.45, 7) is 1.85. The van der Waals surface area contributed by atoms with E-state index in [1.807, 2.05) is 6.92 Å². The third-order valence-corrected chi connectivity index (χ3v) is 2.82. The molecule has 15 heavy (non-hydrogen) atoms. The van der Waals surface area contributed by atoms with Gasteiger partial charge in [-0.1, -0.05) is 12.1 Å². The van der Waals surface area contributed by atoms with Gasteiger partial charge in [0.25, 0.3) is 5.91 Å². The number of nitrogens with zero attached hydrogens (tertiary/aromatic N) is 1. The molecule has 2 unspecified atom stereocenters. The second kappa shape index (κ2) is 3.55. The minimum absolute atomic E-state index is 0.0155. The van der Waals surface area contributed by atoms with Crippen LogP contribution in [0.1, 0.15) is 17.3 Å². The lowest BCUT2D eigenvalue weighted by atomic mass is 10.2. The number of rotatable bonds is 2. The number of para-hydroxylation sites is 1. The fourth-order valence-corrected chi connectivity index (χ4v) is 1.78. The minimum atomic E-state index is -0.223. The quantitative estimate of drug-likeness (QED) is 0.698. The molecule has 1 fully saturated rings. The van der Waals surface area contributed by atoms with Crippen molar-refractivity contribution < 1.29 is 15.0 Å². The molecule has 1 saturated heterocycles. The molecule has 2 rings (SSSR count). The number of aliphatic hydroxyl groups is 1. The smallest absolute Gasteiger partial charge is 0.258 e. The summed E-state index contributed by atoms with van der Waals surface area (Å²) in [6, 6.07) is 6.39. The number of benzene rings is 1. The van der Waals surface area contributed by atoms with Crippen LogP contribution in [0.4, 0.5) is 0 Å². The van der Waals surface area contributed by atoms with E-state index in [1.54, 1.807) is 23.1 Å². The van der Waals surface area contributed by atoms with Crippen molar-refractivity contribution in [3.63, 3.8) is 0 Å². The third-order valence-electron chi connectivity index (χ3n) is 2.82. The summed E-state index contributed by atoms with van der Waals surface area (Å²) in [5.74, 6) is -0.238. The van der Waals surface area contributed by atoms with Gasteiger partial charge >= 0.3 is 0 Å².